The number of amides is 1. The van der Waals surface area contributed by atoms with Gasteiger partial charge in [0.1, 0.15) is 0 Å². The zero-order valence-corrected chi connectivity index (χ0v) is 20.0. The minimum absolute atomic E-state index is 0.0540. The number of carbonyl (C=O) groups is 1. The monoisotopic (exact) mass is 467 g/mol. The first-order valence-electron chi connectivity index (χ1n) is 11.8. The van der Waals surface area contributed by atoms with Crippen LogP contribution in [0.1, 0.15) is 35.3 Å². The molecule has 0 heterocycles. The molecule has 0 fully saturated rings. The Morgan fingerprint density at radius 2 is 1.54 bits per heavy atom. The summed E-state index contributed by atoms with van der Waals surface area (Å²) < 4.78 is 0. The van der Waals surface area contributed by atoms with Crippen molar-refractivity contribution in [3.63, 3.8) is 0 Å². The molecule has 0 aromatic heterocycles. The van der Waals surface area contributed by atoms with E-state index in [1.807, 2.05) is 24.3 Å². The van der Waals surface area contributed by atoms with E-state index in [9.17, 15) is 14.9 Å². The van der Waals surface area contributed by atoms with Crippen molar-refractivity contribution in [3.8, 4) is 11.1 Å². The number of carbonyl (C=O) groups excluding carboxylic acids is 1. The van der Waals surface area contributed by atoms with Gasteiger partial charge in [0, 0.05) is 30.8 Å². The highest BCUT2D eigenvalue weighted by molar-refractivity contribution is 5.95. The first kappa shape index (κ1) is 24.1. The number of hydrogen-bond acceptors (Lipinski definition) is 4. The summed E-state index contributed by atoms with van der Waals surface area (Å²) >= 11 is 0. The highest BCUT2D eigenvalue weighted by atomic mass is 16.6. The van der Waals surface area contributed by atoms with Gasteiger partial charge in [0.05, 0.1) is 4.92 Å². The van der Waals surface area contributed by atoms with E-state index in [1.54, 1.807) is 24.3 Å². The molecule has 1 N–H and O–H groups in total. The standard InChI is InChI=1S/C29H29N3O3/c1-3-31(4-2)20-21-8-17-28-25(18-21)6-5-7-26(28)19-30-29(33)24-11-9-22(10-12-24)23-13-15-27(16-14-23)32(34)35/h5-18H,3-4,19-20H2,1-2H3,(H,30,33). The number of nitro groups is 1. The van der Waals surface area contributed by atoms with Crippen molar-refractivity contribution in [3.05, 3.63) is 112 Å². The van der Waals surface area contributed by atoms with E-state index in [1.165, 1.54) is 23.1 Å². The van der Waals surface area contributed by atoms with Crippen LogP contribution in [0.4, 0.5) is 5.69 Å². The lowest BCUT2D eigenvalue weighted by atomic mass is 10.0. The Labute approximate surface area is 205 Å². The molecule has 0 aliphatic carbocycles. The van der Waals surface area contributed by atoms with Crippen LogP contribution in [-0.4, -0.2) is 28.8 Å². The molecule has 0 atom stereocenters. The van der Waals surface area contributed by atoms with Gasteiger partial charge in [-0.25, -0.2) is 0 Å². The van der Waals surface area contributed by atoms with Crippen LogP contribution < -0.4 is 5.32 Å². The maximum absolute atomic E-state index is 12.8. The fourth-order valence-corrected chi connectivity index (χ4v) is 4.23. The predicted octanol–water partition coefficient (Wildman–Crippen LogP) is 6.19. The predicted molar refractivity (Wildman–Crippen MR) is 140 cm³/mol. The number of fused-ring (bicyclic) bond motifs is 1. The Bertz CT molecular complexity index is 1330. The van der Waals surface area contributed by atoms with E-state index in [0.717, 1.165) is 41.7 Å². The molecule has 0 radical (unpaired) electrons. The van der Waals surface area contributed by atoms with Crippen LogP contribution in [0.5, 0.6) is 0 Å². The van der Waals surface area contributed by atoms with Gasteiger partial charge in [-0.3, -0.25) is 19.8 Å². The number of benzene rings is 4. The number of nitro benzene ring substituents is 1. The summed E-state index contributed by atoms with van der Waals surface area (Å²) in [5, 5.41) is 16.2. The number of nitrogens with zero attached hydrogens (tertiary/aromatic N) is 2. The van der Waals surface area contributed by atoms with Crippen LogP contribution in [0.15, 0.2) is 84.9 Å². The first-order valence-corrected chi connectivity index (χ1v) is 11.8. The number of rotatable bonds is 9. The Balaban J connectivity index is 1.43. The summed E-state index contributed by atoms with van der Waals surface area (Å²) in [6.07, 6.45) is 0. The van der Waals surface area contributed by atoms with E-state index < -0.39 is 4.92 Å². The molecule has 4 aromatic rings. The molecule has 6 heteroatoms. The lowest BCUT2D eigenvalue weighted by Gasteiger charge is -2.18. The first-order chi connectivity index (χ1) is 17.0. The molecule has 0 spiro atoms. The molecule has 0 saturated carbocycles. The van der Waals surface area contributed by atoms with Crippen molar-refractivity contribution in [2.75, 3.05) is 13.1 Å². The molecule has 178 valence electrons. The van der Waals surface area contributed by atoms with Crippen molar-refractivity contribution >= 4 is 22.4 Å². The van der Waals surface area contributed by atoms with Gasteiger partial charge >= 0.3 is 0 Å². The van der Waals surface area contributed by atoms with Gasteiger partial charge in [-0.15, -0.1) is 0 Å². The molecular formula is C29H29N3O3. The second-order valence-electron chi connectivity index (χ2n) is 8.50. The van der Waals surface area contributed by atoms with Crippen LogP contribution in [0.25, 0.3) is 21.9 Å². The van der Waals surface area contributed by atoms with Crippen LogP contribution in [0.3, 0.4) is 0 Å². The van der Waals surface area contributed by atoms with Gasteiger partial charge < -0.3 is 5.32 Å². The normalized spacial score (nSPS) is 11.1. The number of nitrogens with one attached hydrogen (secondary N) is 1. The minimum Gasteiger partial charge on any atom is -0.348 e. The van der Waals surface area contributed by atoms with Crippen LogP contribution >= 0.6 is 0 Å². The van der Waals surface area contributed by atoms with Crippen molar-refractivity contribution in [1.29, 1.82) is 0 Å². The molecular weight excluding hydrogens is 438 g/mol. The maximum atomic E-state index is 12.8. The largest absolute Gasteiger partial charge is 0.348 e. The third kappa shape index (κ3) is 5.73. The topological polar surface area (TPSA) is 75.5 Å². The highest BCUT2D eigenvalue weighted by Gasteiger charge is 2.10. The summed E-state index contributed by atoms with van der Waals surface area (Å²) in [5.41, 5.74) is 4.74. The van der Waals surface area contributed by atoms with Gasteiger partial charge in [-0.05, 0) is 76.4 Å². The summed E-state index contributed by atoms with van der Waals surface area (Å²) in [6.45, 7) is 7.77. The summed E-state index contributed by atoms with van der Waals surface area (Å²) in [6, 6.07) is 26.4. The average molecular weight is 468 g/mol. The molecule has 4 aromatic carbocycles. The lowest BCUT2D eigenvalue weighted by Crippen LogP contribution is -2.23. The van der Waals surface area contributed by atoms with Gasteiger partial charge in [0.25, 0.3) is 11.6 Å². The minimum atomic E-state index is -0.418. The van der Waals surface area contributed by atoms with E-state index >= 15 is 0 Å². The van der Waals surface area contributed by atoms with Gasteiger partial charge in [0.15, 0.2) is 0 Å². The van der Waals surface area contributed by atoms with E-state index in [-0.39, 0.29) is 11.6 Å². The van der Waals surface area contributed by atoms with Crippen molar-refractivity contribution in [1.82, 2.24) is 10.2 Å². The lowest BCUT2D eigenvalue weighted by molar-refractivity contribution is -0.384. The van der Waals surface area contributed by atoms with Gasteiger partial charge in [0.2, 0.25) is 0 Å². The van der Waals surface area contributed by atoms with Gasteiger partial charge in [-0.2, -0.15) is 0 Å². The molecule has 0 aliphatic rings. The Kier molecular flexibility index (Phi) is 7.53. The molecule has 4 rings (SSSR count). The van der Waals surface area contributed by atoms with Crippen LogP contribution in [0, 0.1) is 10.1 Å². The van der Waals surface area contributed by atoms with E-state index in [4.69, 9.17) is 0 Å². The molecule has 0 bridgehead atoms. The number of non-ortho nitro benzene ring substituents is 1. The fraction of sp³-hybridized carbons (Fsp3) is 0.207. The fourth-order valence-electron chi connectivity index (χ4n) is 4.23. The molecule has 0 unspecified atom stereocenters. The zero-order valence-electron chi connectivity index (χ0n) is 20.0. The number of hydrogen-bond donors (Lipinski definition) is 1. The van der Waals surface area contributed by atoms with E-state index in [0.29, 0.717) is 12.1 Å². The average Bonchev–Trinajstić information content (AvgIpc) is 2.90. The smallest absolute Gasteiger partial charge is 0.269 e. The summed E-state index contributed by atoms with van der Waals surface area (Å²) in [5.74, 6) is -0.143. The molecule has 35 heavy (non-hydrogen) atoms. The SMILES string of the molecule is CCN(CC)Cc1ccc2c(CNC(=O)c3ccc(-c4ccc([N+](=O)[O-])cc4)cc3)cccc2c1. The molecule has 6 nitrogen and oxygen atoms in total. The zero-order chi connectivity index (χ0) is 24.8. The molecule has 0 aliphatic heterocycles. The molecule has 0 saturated heterocycles. The van der Waals surface area contributed by atoms with Crippen molar-refractivity contribution in [2.45, 2.75) is 26.9 Å². The summed E-state index contributed by atoms with van der Waals surface area (Å²) in [7, 11) is 0. The van der Waals surface area contributed by atoms with Crippen LogP contribution in [0.2, 0.25) is 0 Å². The summed E-state index contributed by atoms with van der Waals surface area (Å²) in [4.78, 5) is 25.6. The highest BCUT2D eigenvalue weighted by Crippen LogP contribution is 2.24. The Morgan fingerprint density at radius 1 is 0.886 bits per heavy atom. The maximum Gasteiger partial charge on any atom is 0.269 e. The van der Waals surface area contributed by atoms with Crippen molar-refractivity contribution < 1.29 is 9.72 Å². The second kappa shape index (κ2) is 10.9. The Hall–Kier alpha value is -4.03. The third-order valence-electron chi connectivity index (χ3n) is 6.33. The van der Waals surface area contributed by atoms with Crippen molar-refractivity contribution in [2.24, 2.45) is 0 Å². The molecule has 1 amide bonds. The van der Waals surface area contributed by atoms with E-state index in [2.05, 4.69) is 48.3 Å². The quantitative estimate of drug-likeness (QED) is 0.235. The Morgan fingerprint density at radius 3 is 2.17 bits per heavy atom. The second-order valence-corrected chi connectivity index (χ2v) is 8.50. The third-order valence-corrected chi connectivity index (χ3v) is 6.33. The van der Waals surface area contributed by atoms with Crippen LogP contribution in [-0.2, 0) is 13.1 Å². The van der Waals surface area contributed by atoms with Gasteiger partial charge in [-0.1, -0.05) is 56.3 Å².